The van der Waals surface area contributed by atoms with Gasteiger partial charge in [0.1, 0.15) is 11.5 Å². The summed E-state index contributed by atoms with van der Waals surface area (Å²) < 4.78 is 26.7. The van der Waals surface area contributed by atoms with E-state index in [9.17, 15) is 9.90 Å². The van der Waals surface area contributed by atoms with Gasteiger partial charge < -0.3 is 28.6 Å². The topological polar surface area (TPSA) is 105 Å². The Morgan fingerprint density at radius 1 is 1.15 bits per heavy atom. The Labute approximate surface area is 241 Å². The molecule has 210 valence electrons. The van der Waals surface area contributed by atoms with Crippen molar-refractivity contribution in [1.82, 2.24) is 14.5 Å². The molecule has 0 saturated carbocycles. The van der Waals surface area contributed by atoms with Crippen LogP contribution in [0, 0.1) is 0 Å². The third-order valence-corrected chi connectivity index (χ3v) is 8.11. The predicted octanol–water partition coefficient (Wildman–Crippen LogP) is 5.63. The molecule has 3 aliphatic rings. The minimum Gasteiger partial charge on any atom is -0.478 e. The minimum atomic E-state index is -1.06. The molecule has 10 heteroatoms. The number of carboxylic acid groups (broad SMARTS) is 1. The number of hydrogen-bond donors (Lipinski definition) is 1. The van der Waals surface area contributed by atoms with Crippen molar-refractivity contribution in [3.63, 3.8) is 0 Å². The van der Waals surface area contributed by atoms with Gasteiger partial charge in [-0.25, -0.2) is 9.78 Å². The number of carbonyl (C=O) groups is 1. The molecule has 0 radical (unpaired) electrons. The fourth-order valence-electron chi connectivity index (χ4n) is 5.57. The zero-order valence-electron chi connectivity index (χ0n) is 22.4. The number of imidazole rings is 1. The molecule has 2 aromatic carbocycles. The van der Waals surface area contributed by atoms with Crippen molar-refractivity contribution in [3.05, 3.63) is 88.5 Å². The second kappa shape index (κ2) is 10.2. The smallest absolute Gasteiger partial charge is 0.335 e. The summed E-state index contributed by atoms with van der Waals surface area (Å²) in [6.07, 6.45) is 6.06. The molecule has 9 nitrogen and oxygen atoms in total. The predicted molar refractivity (Wildman–Crippen MR) is 151 cm³/mol. The number of aromatic carboxylic acids is 1. The summed E-state index contributed by atoms with van der Waals surface area (Å²) in [5.41, 5.74) is 4.39. The summed E-state index contributed by atoms with van der Waals surface area (Å²) in [6, 6.07) is 14.5. The van der Waals surface area contributed by atoms with Crippen LogP contribution in [0.15, 0.2) is 60.8 Å². The van der Waals surface area contributed by atoms with Gasteiger partial charge >= 0.3 is 5.97 Å². The second-order valence-corrected chi connectivity index (χ2v) is 11.1. The molecule has 4 aromatic rings. The lowest BCUT2D eigenvalue weighted by molar-refractivity contribution is -0.0719. The fourth-order valence-corrected chi connectivity index (χ4v) is 5.68. The number of rotatable bonds is 7. The van der Waals surface area contributed by atoms with Gasteiger partial charge in [0.2, 0.25) is 0 Å². The van der Waals surface area contributed by atoms with E-state index in [0.717, 1.165) is 41.0 Å². The van der Waals surface area contributed by atoms with E-state index in [0.29, 0.717) is 48.2 Å². The highest BCUT2D eigenvalue weighted by atomic mass is 35.5. The van der Waals surface area contributed by atoms with E-state index >= 15 is 0 Å². The maximum absolute atomic E-state index is 11.6. The van der Waals surface area contributed by atoms with Crippen molar-refractivity contribution in [3.8, 4) is 11.5 Å². The number of hydrogen-bond acceptors (Lipinski definition) is 7. The number of pyridine rings is 1. The lowest BCUT2D eigenvalue weighted by atomic mass is 9.99. The van der Waals surface area contributed by atoms with Crippen molar-refractivity contribution >= 4 is 34.2 Å². The highest BCUT2D eigenvalue weighted by molar-refractivity contribution is 6.30. The van der Waals surface area contributed by atoms with E-state index in [1.54, 1.807) is 36.5 Å². The zero-order valence-corrected chi connectivity index (χ0v) is 23.1. The van der Waals surface area contributed by atoms with E-state index in [-0.39, 0.29) is 17.8 Å². The van der Waals surface area contributed by atoms with Crippen molar-refractivity contribution in [1.29, 1.82) is 0 Å². The first-order valence-electron chi connectivity index (χ1n) is 13.6. The summed E-state index contributed by atoms with van der Waals surface area (Å²) >= 11 is 6.02. The van der Waals surface area contributed by atoms with Crippen LogP contribution in [0.25, 0.3) is 16.6 Å². The minimum absolute atomic E-state index is 0.0759. The Morgan fingerprint density at radius 3 is 2.73 bits per heavy atom. The molecule has 7 rings (SSSR count). The molecule has 0 amide bonds. The quantitative estimate of drug-likeness (QED) is 0.303. The molecular formula is C31H28ClN3O6. The van der Waals surface area contributed by atoms with Crippen molar-refractivity contribution < 1.29 is 28.8 Å². The lowest BCUT2D eigenvalue weighted by Gasteiger charge is -2.28. The van der Waals surface area contributed by atoms with Crippen LogP contribution in [0.4, 0.5) is 0 Å². The summed E-state index contributed by atoms with van der Waals surface area (Å²) in [4.78, 5) is 20.9. The maximum Gasteiger partial charge on any atom is 0.335 e. The molecule has 5 heterocycles. The zero-order chi connectivity index (χ0) is 28.1. The third-order valence-electron chi connectivity index (χ3n) is 7.88. The van der Waals surface area contributed by atoms with Gasteiger partial charge in [-0.1, -0.05) is 29.8 Å². The average molecular weight is 574 g/mol. The van der Waals surface area contributed by atoms with Crippen LogP contribution in [0.3, 0.4) is 0 Å². The summed E-state index contributed by atoms with van der Waals surface area (Å²) in [7, 11) is 0. The normalized spacial score (nSPS) is 23.3. The number of halogens is 1. The molecular weight excluding hydrogens is 546 g/mol. The molecule has 0 aliphatic carbocycles. The molecule has 1 saturated heterocycles. The Kier molecular flexibility index (Phi) is 6.45. The highest BCUT2D eigenvalue weighted by Crippen LogP contribution is 2.48. The van der Waals surface area contributed by atoms with Gasteiger partial charge in [-0.05, 0) is 54.8 Å². The average Bonchev–Trinajstić information content (AvgIpc) is 3.47. The van der Waals surface area contributed by atoms with Crippen LogP contribution in [-0.2, 0) is 28.2 Å². The van der Waals surface area contributed by atoms with Crippen LogP contribution >= 0.6 is 11.6 Å². The van der Waals surface area contributed by atoms with Gasteiger partial charge in [0, 0.05) is 31.7 Å². The maximum atomic E-state index is 11.6. The van der Waals surface area contributed by atoms with E-state index in [2.05, 4.69) is 15.6 Å². The van der Waals surface area contributed by atoms with E-state index in [1.165, 1.54) is 0 Å². The Balaban J connectivity index is 1.11. The molecule has 1 fully saturated rings. The molecule has 3 atom stereocenters. The van der Waals surface area contributed by atoms with Gasteiger partial charge in [-0.15, -0.1) is 0 Å². The number of benzene rings is 2. The molecule has 1 N–H and O–H groups in total. The van der Waals surface area contributed by atoms with Crippen molar-refractivity contribution in [2.24, 2.45) is 0 Å². The fraction of sp³-hybridized carbons (Fsp3) is 0.323. The highest BCUT2D eigenvalue weighted by Gasteiger charge is 2.41. The van der Waals surface area contributed by atoms with Gasteiger partial charge in [-0.3, -0.25) is 4.98 Å². The van der Waals surface area contributed by atoms with Gasteiger partial charge in [-0.2, -0.15) is 0 Å². The molecule has 0 bridgehead atoms. The van der Waals surface area contributed by atoms with Crippen molar-refractivity contribution in [2.75, 3.05) is 13.2 Å². The van der Waals surface area contributed by atoms with Crippen LogP contribution in [0.2, 0.25) is 5.02 Å². The van der Waals surface area contributed by atoms with Gasteiger partial charge in [0.15, 0.2) is 11.5 Å². The van der Waals surface area contributed by atoms with Crippen LogP contribution in [0.5, 0.6) is 11.5 Å². The second-order valence-electron chi connectivity index (χ2n) is 10.7. The van der Waals surface area contributed by atoms with Gasteiger partial charge in [0.05, 0.1) is 47.0 Å². The van der Waals surface area contributed by atoms with E-state index in [4.69, 9.17) is 35.5 Å². The van der Waals surface area contributed by atoms with Crippen LogP contribution in [0.1, 0.15) is 47.2 Å². The summed E-state index contributed by atoms with van der Waals surface area (Å²) in [6.45, 7) is 3.64. The standard InChI is InChI=1S/C31H28ClN3O6/c1-31(27-10-7-20(32)15-33-27)40-26-4-2-3-23(29(26)41-31)19-5-8-21(39-17-19)14-28-34-24-9-6-18(30(36)37)13-25(24)35(28)16-22-11-12-38-22/h2-7,9-10,13,15,21-22H,8,11-12,14,16-17H2,1H3,(H,36,37)/t21-,22+,31-/m1/s1. The monoisotopic (exact) mass is 573 g/mol. The summed E-state index contributed by atoms with van der Waals surface area (Å²) in [5, 5.41) is 10.1. The molecule has 0 spiro atoms. The molecule has 3 aliphatic heterocycles. The molecule has 0 unspecified atom stereocenters. The Hall–Kier alpha value is -3.92. The molecule has 41 heavy (non-hydrogen) atoms. The Morgan fingerprint density at radius 2 is 2.02 bits per heavy atom. The number of ether oxygens (including phenoxy) is 4. The lowest BCUT2D eigenvalue weighted by Crippen LogP contribution is -2.32. The SMILES string of the molecule is C[C@@]1(c2ccc(Cl)cn2)Oc2cccc(C3=CC[C@H](Cc4nc5ccc(C(=O)O)cc5n4C[C@@H]4CCO4)OC3)c2O1. The van der Waals surface area contributed by atoms with E-state index < -0.39 is 11.8 Å². The van der Waals surface area contributed by atoms with Crippen LogP contribution in [-0.4, -0.2) is 51.0 Å². The number of nitrogens with zero attached hydrogens (tertiary/aromatic N) is 3. The first-order valence-corrected chi connectivity index (χ1v) is 14.0. The first kappa shape index (κ1) is 26.0. The Bertz CT molecular complexity index is 1680. The number of fused-ring (bicyclic) bond motifs is 2. The largest absolute Gasteiger partial charge is 0.478 e. The molecule has 2 aromatic heterocycles. The van der Waals surface area contributed by atoms with Crippen molar-refractivity contribution in [2.45, 2.75) is 50.7 Å². The number of carboxylic acids is 1. The van der Waals surface area contributed by atoms with Gasteiger partial charge in [0.25, 0.3) is 5.79 Å². The van der Waals surface area contributed by atoms with E-state index in [1.807, 2.05) is 25.1 Å². The summed E-state index contributed by atoms with van der Waals surface area (Å²) in [5.74, 6) is 0.157. The van der Waals surface area contributed by atoms with Crippen LogP contribution < -0.4 is 9.47 Å². The third kappa shape index (κ3) is 4.84. The number of aromatic nitrogens is 3. The number of para-hydroxylation sites is 1. The first-order chi connectivity index (χ1) is 19.9.